The van der Waals surface area contributed by atoms with Crippen LogP contribution in [0, 0.1) is 11.8 Å². The van der Waals surface area contributed by atoms with Gasteiger partial charge in [-0.25, -0.2) is 8.42 Å². The zero-order valence-corrected chi connectivity index (χ0v) is 11.8. The second-order valence-corrected chi connectivity index (χ2v) is 7.83. The smallest absolute Gasteiger partial charge is 0.226 e. The van der Waals surface area contributed by atoms with Gasteiger partial charge in [-0.05, 0) is 19.3 Å². The fraction of sp³-hybridized carbons (Fsp3) is 0.818. The van der Waals surface area contributed by atoms with E-state index in [1.165, 1.54) is 0 Å². The molecule has 0 spiro atoms. The summed E-state index contributed by atoms with van der Waals surface area (Å²) in [6.07, 6.45) is 2.25. The molecule has 0 aromatic rings. The number of likely N-dealkylation sites (tertiary alicyclic amines) is 1. The molecule has 2 aliphatic heterocycles. The second kappa shape index (κ2) is 5.13. The molecule has 0 saturated carbocycles. The molecule has 2 N–H and O–H groups in total. The highest BCUT2D eigenvalue weighted by Gasteiger charge is 2.36. The maximum atomic E-state index is 12.2. The monoisotopic (exact) mass is 290 g/mol. The SMILES string of the molecule is NC(=S)C1CCCN(C(=O)C2CCS(=O)(=O)C2)C1. The third kappa shape index (κ3) is 3.00. The minimum Gasteiger partial charge on any atom is -0.393 e. The quantitative estimate of drug-likeness (QED) is 0.721. The van der Waals surface area contributed by atoms with Crippen molar-refractivity contribution < 1.29 is 13.2 Å². The van der Waals surface area contributed by atoms with Crippen LogP contribution in [0.25, 0.3) is 0 Å². The van der Waals surface area contributed by atoms with Crippen LogP contribution in [0.4, 0.5) is 0 Å². The number of hydrogen-bond donors (Lipinski definition) is 1. The molecule has 2 unspecified atom stereocenters. The van der Waals surface area contributed by atoms with Gasteiger partial charge in [0.15, 0.2) is 9.84 Å². The number of nitrogens with zero attached hydrogens (tertiary/aromatic N) is 1. The van der Waals surface area contributed by atoms with Crippen molar-refractivity contribution in [2.75, 3.05) is 24.6 Å². The molecule has 18 heavy (non-hydrogen) atoms. The van der Waals surface area contributed by atoms with E-state index in [9.17, 15) is 13.2 Å². The number of rotatable bonds is 2. The van der Waals surface area contributed by atoms with Crippen LogP contribution in [-0.4, -0.2) is 48.8 Å². The lowest BCUT2D eigenvalue weighted by Gasteiger charge is -2.33. The molecule has 2 aliphatic rings. The molecule has 102 valence electrons. The van der Waals surface area contributed by atoms with Crippen molar-refractivity contribution in [1.82, 2.24) is 4.90 Å². The third-order valence-corrected chi connectivity index (χ3v) is 5.82. The first-order chi connectivity index (χ1) is 8.39. The van der Waals surface area contributed by atoms with Gasteiger partial charge >= 0.3 is 0 Å². The van der Waals surface area contributed by atoms with E-state index in [0.29, 0.717) is 24.5 Å². The fourth-order valence-corrected chi connectivity index (χ4v) is 4.58. The topological polar surface area (TPSA) is 80.5 Å². The van der Waals surface area contributed by atoms with Crippen LogP contribution >= 0.6 is 12.2 Å². The standard InChI is InChI=1S/C11H18N2O3S2/c12-10(17)8-2-1-4-13(6-8)11(14)9-3-5-18(15,16)7-9/h8-9H,1-7H2,(H2,12,17). The molecule has 5 nitrogen and oxygen atoms in total. The van der Waals surface area contributed by atoms with Crippen molar-refractivity contribution in [3.63, 3.8) is 0 Å². The van der Waals surface area contributed by atoms with Crippen LogP contribution < -0.4 is 5.73 Å². The number of piperidine rings is 1. The highest BCUT2D eigenvalue weighted by Crippen LogP contribution is 2.24. The summed E-state index contributed by atoms with van der Waals surface area (Å²) >= 11 is 4.97. The van der Waals surface area contributed by atoms with E-state index in [2.05, 4.69) is 0 Å². The molecule has 7 heteroatoms. The number of amides is 1. The average molecular weight is 290 g/mol. The number of carbonyl (C=O) groups is 1. The summed E-state index contributed by atoms with van der Waals surface area (Å²) in [6.45, 7) is 1.24. The van der Waals surface area contributed by atoms with Crippen LogP contribution in [0.1, 0.15) is 19.3 Å². The average Bonchev–Trinajstić information content (AvgIpc) is 2.69. The Morgan fingerprint density at radius 2 is 2.00 bits per heavy atom. The van der Waals surface area contributed by atoms with Crippen molar-refractivity contribution in [3.8, 4) is 0 Å². The van der Waals surface area contributed by atoms with Crippen LogP contribution in [-0.2, 0) is 14.6 Å². The Kier molecular flexibility index (Phi) is 3.91. The highest BCUT2D eigenvalue weighted by molar-refractivity contribution is 7.91. The van der Waals surface area contributed by atoms with E-state index in [0.717, 1.165) is 12.8 Å². The largest absolute Gasteiger partial charge is 0.393 e. The summed E-state index contributed by atoms with van der Waals surface area (Å²) in [5, 5.41) is 0. The van der Waals surface area contributed by atoms with E-state index in [1.807, 2.05) is 0 Å². The molecule has 2 fully saturated rings. The Hall–Kier alpha value is -0.690. The van der Waals surface area contributed by atoms with Crippen molar-refractivity contribution in [2.45, 2.75) is 19.3 Å². The van der Waals surface area contributed by atoms with Crippen molar-refractivity contribution in [1.29, 1.82) is 0 Å². The zero-order chi connectivity index (χ0) is 13.3. The first kappa shape index (κ1) is 13.7. The van der Waals surface area contributed by atoms with Crippen LogP contribution in [0.15, 0.2) is 0 Å². The van der Waals surface area contributed by atoms with Gasteiger partial charge in [0.2, 0.25) is 5.91 Å². The number of thiocarbonyl (C=S) groups is 1. The van der Waals surface area contributed by atoms with Gasteiger partial charge in [-0.1, -0.05) is 12.2 Å². The minimum absolute atomic E-state index is 0.0000709. The molecule has 0 bridgehead atoms. The summed E-state index contributed by atoms with van der Waals surface area (Å²) in [6, 6.07) is 0. The molecule has 2 rings (SSSR count). The number of nitrogens with two attached hydrogens (primary N) is 1. The predicted molar refractivity (Wildman–Crippen MR) is 72.9 cm³/mol. The number of sulfone groups is 1. The van der Waals surface area contributed by atoms with E-state index in [4.69, 9.17) is 18.0 Å². The zero-order valence-electron chi connectivity index (χ0n) is 10.2. The third-order valence-electron chi connectivity index (χ3n) is 3.72. The molecule has 0 aliphatic carbocycles. The van der Waals surface area contributed by atoms with Gasteiger partial charge in [0.1, 0.15) is 0 Å². The van der Waals surface area contributed by atoms with Crippen molar-refractivity contribution >= 4 is 33.0 Å². The van der Waals surface area contributed by atoms with Gasteiger partial charge in [0, 0.05) is 19.0 Å². The molecule has 2 saturated heterocycles. The molecule has 0 radical (unpaired) electrons. The van der Waals surface area contributed by atoms with E-state index in [-0.39, 0.29) is 29.2 Å². The molecular weight excluding hydrogens is 272 g/mol. The number of hydrogen-bond acceptors (Lipinski definition) is 4. The van der Waals surface area contributed by atoms with E-state index in [1.54, 1.807) is 4.90 Å². The Morgan fingerprint density at radius 3 is 2.56 bits per heavy atom. The maximum absolute atomic E-state index is 12.2. The van der Waals surface area contributed by atoms with Crippen LogP contribution in [0.3, 0.4) is 0 Å². The Labute approximate surface area is 113 Å². The van der Waals surface area contributed by atoms with Crippen LogP contribution in [0.2, 0.25) is 0 Å². The summed E-state index contributed by atoms with van der Waals surface area (Å²) < 4.78 is 22.8. The lowest BCUT2D eigenvalue weighted by Crippen LogP contribution is -2.46. The predicted octanol–water partition coefficient (Wildman–Crippen LogP) is -0.0542. The van der Waals surface area contributed by atoms with Crippen molar-refractivity contribution in [3.05, 3.63) is 0 Å². The molecule has 2 heterocycles. The Balaban J connectivity index is 1.99. The summed E-state index contributed by atoms with van der Waals surface area (Å²) in [4.78, 5) is 14.4. The van der Waals surface area contributed by atoms with Gasteiger partial charge < -0.3 is 10.6 Å². The summed E-state index contributed by atoms with van der Waals surface area (Å²) in [5.74, 6) is -0.191. The second-order valence-electron chi connectivity index (χ2n) is 5.13. The molecular formula is C11H18N2O3S2. The molecule has 0 aromatic carbocycles. The Bertz CT molecular complexity index is 461. The van der Waals surface area contributed by atoms with Gasteiger partial charge in [-0.15, -0.1) is 0 Å². The van der Waals surface area contributed by atoms with Gasteiger partial charge in [-0.3, -0.25) is 4.79 Å². The van der Waals surface area contributed by atoms with E-state index < -0.39 is 9.84 Å². The normalized spacial score (nSPS) is 31.2. The maximum Gasteiger partial charge on any atom is 0.226 e. The number of carbonyl (C=O) groups excluding carboxylic acids is 1. The Morgan fingerprint density at radius 1 is 1.28 bits per heavy atom. The molecule has 1 amide bonds. The lowest BCUT2D eigenvalue weighted by atomic mass is 9.96. The van der Waals surface area contributed by atoms with E-state index >= 15 is 0 Å². The molecule has 0 aromatic heterocycles. The first-order valence-corrected chi connectivity index (χ1v) is 8.40. The lowest BCUT2D eigenvalue weighted by molar-refractivity contribution is -0.136. The fourth-order valence-electron chi connectivity index (χ4n) is 2.66. The van der Waals surface area contributed by atoms with Gasteiger partial charge in [-0.2, -0.15) is 0 Å². The van der Waals surface area contributed by atoms with Gasteiger partial charge in [0.05, 0.1) is 22.4 Å². The minimum atomic E-state index is -3.01. The van der Waals surface area contributed by atoms with Gasteiger partial charge in [0.25, 0.3) is 0 Å². The summed E-state index contributed by atoms with van der Waals surface area (Å²) in [7, 11) is -3.01. The first-order valence-electron chi connectivity index (χ1n) is 6.17. The van der Waals surface area contributed by atoms with Crippen molar-refractivity contribution in [2.24, 2.45) is 17.6 Å². The molecule has 2 atom stereocenters. The summed E-state index contributed by atoms with van der Waals surface area (Å²) in [5.41, 5.74) is 5.62. The van der Waals surface area contributed by atoms with Crippen LogP contribution in [0.5, 0.6) is 0 Å². The highest BCUT2D eigenvalue weighted by atomic mass is 32.2.